The third-order valence-electron chi connectivity index (χ3n) is 5.26. The summed E-state index contributed by atoms with van der Waals surface area (Å²) in [6.45, 7) is 2.74. The number of nitrogens with one attached hydrogen (secondary N) is 3. The van der Waals surface area contributed by atoms with Crippen LogP contribution in [0.3, 0.4) is 0 Å². The molecule has 0 aliphatic carbocycles. The van der Waals surface area contributed by atoms with Crippen LogP contribution in [-0.2, 0) is 30.4 Å². The van der Waals surface area contributed by atoms with E-state index in [1.165, 1.54) is 0 Å². The summed E-state index contributed by atoms with van der Waals surface area (Å²) in [7, 11) is 0. The minimum Gasteiger partial charge on any atom is -0.480 e. The Hall–Kier alpha value is -3.51. The van der Waals surface area contributed by atoms with E-state index in [0.717, 1.165) is 0 Å². The topological polar surface area (TPSA) is 214 Å². The molecule has 9 N–H and O–H groups in total. The van der Waals surface area contributed by atoms with Crippen LogP contribution in [0.15, 0.2) is 30.3 Å². The van der Waals surface area contributed by atoms with E-state index in [4.69, 9.17) is 16.6 Å². The number of hydrogen-bond acceptors (Lipinski definition) is 7. The number of carbonyl (C=O) groups is 5. The smallest absolute Gasteiger partial charge is 0.326 e. The number of aliphatic hydroxyl groups is 1. The molecule has 0 radical (unpaired) electrons. The lowest BCUT2D eigenvalue weighted by atomic mass is 9.98. The average Bonchev–Trinajstić information content (AvgIpc) is 2.80. The number of carboxylic acid groups (broad SMARTS) is 1. The predicted octanol–water partition coefficient (Wildman–Crippen LogP) is -1.99. The quantitative estimate of drug-likeness (QED) is 0.158. The van der Waals surface area contributed by atoms with Crippen molar-refractivity contribution in [3.8, 4) is 0 Å². The molecule has 34 heavy (non-hydrogen) atoms. The number of primary amides is 1. The maximum atomic E-state index is 13.0. The first-order valence-corrected chi connectivity index (χ1v) is 10.8. The molecule has 5 atom stereocenters. The van der Waals surface area contributed by atoms with Crippen LogP contribution in [0.1, 0.15) is 32.3 Å². The Balaban J connectivity index is 3.11. The standard InChI is InChI=1S/C22H33N5O7/c1-3-12(2)18(22(33)34)27-21(32)16(10-17(24)29)26-20(31)15(25-19(30)14(23)11-28)9-13-7-5-4-6-8-13/h4-8,12,14-16,18,28H,3,9-11,23H2,1-2H3,(H2,24,29)(H,25,30)(H,26,31)(H,27,32)(H,33,34). The van der Waals surface area contributed by atoms with Gasteiger partial charge in [-0.2, -0.15) is 0 Å². The number of benzene rings is 1. The van der Waals surface area contributed by atoms with Crippen LogP contribution in [0.4, 0.5) is 0 Å². The van der Waals surface area contributed by atoms with Gasteiger partial charge in [-0.25, -0.2) is 4.79 Å². The van der Waals surface area contributed by atoms with Crippen LogP contribution >= 0.6 is 0 Å². The molecule has 5 unspecified atom stereocenters. The fourth-order valence-electron chi connectivity index (χ4n) is 3.04. The summed E-state index contributed by atoms with van der Waals surface area (Å²) >= 11 is 0. The van der Waals surface area contributed by atoms with E-state index in [1.807, 2.05) is 0 Å². The van der Waals surface area contributed by atoms with E-state index in [2.05, 4.69) is 16.0 Å². The van der Waals surface area contributed by atoms with E-state index in [0.29, 0.717) is 12.0 Å². The van der Waals surface area contributed by atoms with Crippen LogP contribution in [-0.4, -0.2) is 70.6 Å². The van der Waals surface area contributed by atoms with Gasteiger partial charge in [0.1, 0.15) is 24.2 Å². The lowest BCUT2D eigenvalue weighted by molar-refractivity contribution is -0.144. The molecular weight excluding hydrogens is 446 g/mol. The molecule has 0 aliphatic rings. The molecule has 0 aromatic heterocycles. The molecular formula is C22H33N5O7. The van der Waals surface area contributed by atoms with E-state index < -0.39 is 72.7 Å². The highest BCUT2D eigenvalue weighted by Gasteiger charge is 2.32. The molecule has 0 saturated heterocycles. The number of aliphatic carboxylic acids is 1. The van der Waals surface area contributed by atoms with Crippen LogP contribution in [0.25, 0.3) is 0 Å². The van der Waals surface area contributed by atoms with Crippen LogP contribution < -0.4 is 27.4 Å². The van der Waals surface area contributed by atoms with E-state index in [1.54, 1.807) is 44.2 Å². The Morgan fingerprint density at radius 2 is 1.50 bits per heavy atom. The molecule has 0 aliphatic heterocycles. The first-order valence-electron chi connectivity index (χ1n) is 10.8. The lowest BCUT2D eigenvalue weighted by Gasteiger charge is -2.26. The highest BCUT2D eigenvalue weighted by molar-refractivity contribution is 5.96. The summed E-state index contributed by atoms with van der Waals surface area (Å²) in [6.07, 6.45) is -0.112. The van der Waals surface area contributed by atoms with Crippen LogP contribution in [0.5, 0.6) is 0 Å². The Morgan fingerprint density at radius 3 is 2.00 bits per heavy atom. The number of nitrogens with two attached hydrogens (primary N) is 2. The van der Waals surface area contributed by atoms with Crippen molar-refractivity contribution in [3.05, 3.63) is 35.9 Å². The van der Waals surface area contributed by atoms with E-state index in [-0.39, 0.29) is 6.42 Å². The molecule has 4 amide bonds. The molecule has 0 heterocycles. The first kappa shape index (κ1) is 28.5. The Bertz CT molecular complexity index is 864. The molecule has 12 heteroatoms. The van der Waals surface area contributed by atoms with Gasteiger partial charge in [-0.3, -0.25) is 19.2 Å². The zero-order valence-electron chi connectivity index (χ0n) is 19.2. The molecule has 1 rings (SSSR count). The molecule has 0 spiro atoms. The van der Waals surface area contributed by atoms with Gasteiger partial charge >= 0.3 is 5.97 Å². The number of aliphatic hydroxyl groups excluding tert-OH is 1. The second-order valence-electron chi connectivity index (χ2n) is 7.98. The average molecular weight is 480 g/mol. The highest BCUT2D eigenvalue weighted by Crippen LogP contribution is 2.09. The number of hydrogen-bond donors (Lipinski definition) is 7. The first-order chi connectivity index (χ1) is 16.0. The van der Waals surface area contributed by atoms with Crippen molar-refractivity contribution < 1.29 is 34.2 Å². The second-order valence-corrected chi connectivity index (χ2v) is 7.98. The van der Waals surface area contributed by atoms with Crippen LogP contribution in [0.2, 0.25) is 0 Å². The largest absolute Gasteiger partial charge is 0.480 e. The number of carboxylic acids is 1. The van der Waals surface area contributed by atoms with Gasteiger partial charge in [-0.1, -0.05) is 50.6 Å². The molecule has 0 fully saturated rings. The second kappa shape index (κ2) is 13.9. The normalized spacial score (nSPS) is 15.2. The van der Waals surface area contributed by atoms with Gasteiger partial charge in [0.15, 0.2) is 0 Å². The zero-order valence-corrected chi connectivity index (χ0v) is 19.2. The van der Waals surface area contributed by atoms with E-state index in [9.17, 15) is 29.1 Å². The van der Waals surface area contributed by atoms with Crippen molar-refractivity contribution in [3.63, 3.8) is 0 Å². The van der Waals surface area contributed by atoms with Gasteiger partial charge < -0.3 is 37.6 Å². The van der Waals surface area contributed by atoms with Crippen molar-refractivity contribution >= 4 is 29.6 Å². The summed E-state index contributed by atoms with van der Waals surface area (Å²) in [5.74, 6) is -5.11. The number of rotatable bonds is 14. The minimum atomic E-state index is -1.47. The predicted molar refractivity (Wildman–Crippen MR) is 122 cm³/mol. The highest BCUT2D eigenvalue weighted by atomic mass is 16.4. The monoisotopic (exact) mass is 479 g/mol. The summed E-state index contributed by atoms with van der Waals surface area (Å²) in [5.41, 5.74) is 11.4. The molecule has 0 bridgehead atoms. The zero-order chi connectivity index (χ0) is 25.8. The van der Waals surface area contributed by atoms with Crippen molar-refractivity contribution in [1.82, 2.24) is 16.0 Å². The van der Waals surface area contributed by atoms with Gasteiger partial charge in [-0.15, -0.1) is 0 Å². The fourth-order valence-corrected chi connectivity index (χ4v) is 3.04. The SMILES string of the molecule is CCC(C)C(NC(=O)C(CC(N)=O)NC(=O)C(Cc1ccccc1)NC(=O)C(N)CO)C(=O)O. The van der Waals surface area contributed by atoms with Crippen LogP contribution in [0, 0.1) is 5.92 Å². The number of carbonyl (C=O) groups excluding carboxylic acids is 4. The van der Waals surface area contributed by atoms with Crippen molar-refractivity contribution in [2.45, 2.75) is 57.3 Å². The number of amides is 4. The fraction of sp³-hybridized carbons (Fsp3) is 0.500. The molecule has 1 aromatic carbocycles. The third kappa shape index (κ3) is 9.16. The summed E-state index contributed by atoms with van der Waals surface area (Å²) in [4.78, 5) is 61.1. The summed E-state index contributed by atoms with van der Waals surface area (Å²) < 4.78 is 0. The lowest BCUT2D eigenvalue weighted by Crippen LogP contribution is -2.59. The van der Waals surface area contributed by atoms with Gasteiger partial charge in [0.05, 0.1) is 13.0 Å². The Kier molecular flexibility index (Phi) is 11.7. The van der Waals surface area contributed by atoms with Crippen molar-refractivity contribution in [1.29, 1.82) is 0 Å². The Labute approximate surface area is 197 Å². The van der Waals surface area contributed by atoms with Gasteiger partial charge in [-0.05, 0) is 11.5 Å². The Morgan fingerprint density at radius 1 is 0.941 bits per heavy atom. The molecule has 1 aromatic rings. The van der Waals surface area contributed by atoms with Gasteiger partial charge in [0.25, 0.3) is 0 Å². The minimum absolute atomic E-state index is 0.0199. The van der Waals surface area contributed by atoms with Gasteiger partial charge in [0, 0.05) is 6.42 Å². The van der Waals surface area contributed by atoms with Crippen molar-refractivity contribution in [2.75, 3.05) is 6.61 Å². The maximum absolute atomic E-state index is 13.0. The summed E-state index contributed by atoms with van der Waals surface area (Å²) in [6, 6.07) is 3.46. The summed E-state index contributed by atoms with van der Waals surface area (Å²) in [5, 5.41) is 25.7. The van der Waals surface area contributed by atoms with E-state index >= 15 is 0 Å². The van der Waals surface area contributed by atoms with Gasteiger partial charge in [0.2, 0.25) is 23.6 Å². The maximum Gasteiger partial charge on any atom is 0.326 e. The molecule has 188 valence electrons. The third-order valence-corrected chi connectivity index (χ3v) is 5.26. The van der Waals surface area contributed by atoms with Crippen molar-refractivity contribution in [2.24, 2.45) is 17.4 Å². The molecule has 12 nitrogen and oxygen atoms in total. The molecule has 0 saturated carbocycles.